The number of aromatic amines is 1. The number of aromatic nitrogens is 1. The molecular formula is C29H28N2O3S. The number of carbonyl (C=O) groups excluding carboxylic acids is 2. The number of hydrogen-bond acceptors (Lipinski definition) is 4. The molecule has 2 bridgehead atoms. The predicted molar refractivity (Wildman–Crippen MR) is 141 cm³/mol. The summed E-state index contributed by atoms with van der Waals surface area (Å²) in [5.74, 6) is 1.12. The second-order valence-corrected chi connectivity index (χ2v) is 9.99. The van der Waals surface area contributed by atoms with Crippen molar-refractivity contribution in [1.29, 1.82) is 0 Å². The molecule has 0 fully saturated rings. The number of rotatable bonds is 3. The Hall–Kier alpha value is -3.51. The van der Waals surface area contributed by atoms with Gasteiger partial charge >= 0.3 is 0 Å². The zero-order chi connectivity index (χ0) is 24.4. The summed E-state index contributed by atoms with van der Waals surface area (Å²) in [6.07, 6.45) is 1.05. The Morgan fingerprint density at radius 3 is 2.57 bits per heavy atom. The topological polar surface area (TPSA) is 62.4 Å². The zero-order valence-electron chi connectivity index (χ0n) is 19.9. The molecule has 1 aliphatic heterocycles. The highest BCUT2D eigenvalue weighted by Gasteiger charge is 2.27. The molecule has 5 nitrogen and oxygen atoms in total. The zero-order valence-corrected chi connectivity index (χ0v) is 20.7. The first-order chi connectivity index (χ1) is 17.0. The van der Waals surface area contributed by atoms with Gasteiger partial charge in [-0.2, -0.15) is 0 Å². The molecule has 1 N–H and O–H groups in total. The van der Waals surface area contributed by atoms with Crippen molar-refractivity contribution in [2.75, 3.05) is 19.1 Å². The average Bonchev–Trinajstić information content (AvgIpc) is 3.23. The lowest BCUT2D eigenvalue weighted by molar-refractivity contribution is -0.127. The van der Waals surface area contributed by atoms with E-state index in [1.165, 1.54) is 5.56 Å². The van der Waals surface area contributed by atoms with Gasteiger partial charge in [0.15, 0.2) is 0 Å². The Morgan fingerprint density at radius 2 is 1.77 bits per heavy atom. The van der Waals surface area contributed by atoms with Crippen LogP contribution >= 0.6 is 11.8 Å². The fourth-order valence-electron chi connectivity index (χ4n) is 4.76. The Labute approximate surface area is 209 Å². The van der Waals surface area contributed by atoms with E-state index >= 15 is 0 Å². The number of ether oxygens (including phenoxy) is 1. The smallest absolute Gasteiger partial charge is 0.230 e. The summed E-state index contributed by atoms with van der Waals surface area (Å²) in [5, 5.41) is 2.11. The van der Waals surface area contributed by atoms with Gasteiger partial charge in [-0.05, 0) is 53.4 Å². The molecule has 3 aromatic carbocycles. The van der Waals surface area contributed by atoms with E-state index in [-0.39, 0.29) is 18.1 Å². The number of carbonyl (C=O) groups is 2. The van der Waals surface area contributed by atoms with E-state index in [0.717, 1.165) is 44.2 Å². The van der Waals surface area contributed by atoms with E-state index < -0.39 is 5.92 Å². The molecule has 1 atom stereocenters. The van der Waals surface area contributed by atoms with Crippen molar-refractivity contribution in [2.45, 2.75) is 30.0 Å². The lowest BCUT2D eigenvalue weighted by Crippen LogP contribution is -2.35. The fraction of sp³-hybridized carbons (Fsp3) is 0.241. The van der Waals surface area contributed by atoms with E-state index in [9.17, 15) is 9.59 Å². The van der Waals surface area contributed by atoms with Crippen molar-refractivity contribution >= 4 is 40.0 Å². The minimum absolute atomic E-state index is 0.0560. The molecule has 1 amide bonds. The third-order valence-electron chi connectivity index (χ3n) is 6.62. The van der Waals surface area contributed by atoms with E-state index in [0.29, 0.717) is 12.8 Å². The normalized spacial score (nSPS) is 16.2. The van der Waals surface area contributed by atoms with Gasteiger partial charge in [0.05, 0.1) is 12.1 Å². The van der Waals surface area contributed by atoms with Crippen LogP contribution < -0.4 is 9.64 Å². The van der Waals surface area contributed by atoms with Gasteiger partial charge in [-0.15, -0.1) is 11.8 Å². The quantitative estimate of drug-likeness (QED) is 0.399. The number of nitrogens with zero attached hydrogens (tertiary/aromatic N) is 1. The first-order valence-corrected chi connectivity index (χ1v) is 12.7. The summed E-state index contributed by atoms with van der Waals surface area (Å²) in [6.45, 7) is 0. The highest BCUT2D eigenvalue weighted by atomic mass is 32.2. The third-order valence-corrected chi connectivity index (χ3v) is 7.73. The van der Waals surface area contributed by atoms with Crippen LogP contribution in [0.4, 0.5) is 5.69 Å². The first-order valence-electron chi connectivity index (χ1n) is 11.8. The van der Waals surface area contributed by atoms with Crippen LogP contribution in [0.3, 0.4) is 0 Å². The number of nitrogens with one attached hydrogen (secondary N) is 1. The molecule has 1 aromatic heterocycles. The molecule has 0 saturated heterocycles. The van der Waals surface area contributed by atoms with E-state index in [2.05, 4.69) is 23.2 Å². The van der Waals surface area contributed by atoms with Crippen LogP contribution in [0.2, 0.25) is 0 Å². The number of para-hydroxylation sites is 1. The number of thioether (sulfide) groups is 1. The maximum Gasteiger partial charge on any atom is 0.230 e. The maximum atomic E-state index is 13.7. The van der Waals surface area contributed by atoms with Crippen LogP contribution in [0.1, 0.15) is 23.1 Å². The van der Waals surface area contributed by atoms with Gasteiger partial charge < -0.3 is 14.6 Å². The summed E-state index contributed by atoms with van der Waals surface area (Å²) in [7, 11) is 3.39. The van der Waals surface area contributed by atoms with E-state index in [1.807, 2.05) is 54.6 Å². The van der Waals surface area contributed by atoms with Crippen molar-refractivity contribution in [3.63, 3.8) is 0 Å². The minimum atomic E-state index is -0.439. The lowest BCUT2D eigenvalue weighted by atomic mass is 9.90. The van der Waals surface area contributed by atoms with Crippen molar-refractivity contribution in [2.24, 2.45) is 5.92 Å². The molecule has 6 heteroatoms. The Morgan fingerprint density at radius 1 is 1.00 bits per heavy atom. The van der Waals surface area contributed by atoms with E-state index in [1.54, 1.807) is 30.8 Å². The van der Waals surface area contributed by atoms with Gasteiger partial charge in [0, 0.05) is 48.2 Å². The van der Waals surface area contributed by atoms with Crippen LogP contribution in [-0.2, 0) is 28.2 Å². The van der Waals surface area contributed by atoms with Crippen molar-refractivity contribution in [1.82, 2.24) is 4.98 Å². The van der Waals surface area contributed by atoms with Crippen molar-refractivity contribution in [3.05, 3.63) is 89.5 Å². The molecule has 0 saturated carbocycles. The second kappa shape index (κ2) is 10.0. The number of methoxy groups -OCH3 is 1. The first kappa shape index (κ1) is 23.2. The number of amides is 1. The lowest BCUT2D eigenvalue weighted by Gasteiger charge is -2.24. The number of fused-ring (bicyclic) bond motifs is 5. The number of Topliss-reactive ketones (excluding diaryl/α,β-unsaturated/α-hetero) is 1. The van der Waals surface area contributed by atoms with Gasteiger partial charge in [-0.3, -0.25) is 9.59 Å². The molecule has 35 heavy (non-hydrogen) atoms. The summed E-state index contributed by atoms with van der Waals surface area (Å²) >= 11 is 1.73. The molecule has 0 aliphatic carbocycles. The van der Waals surface area contributed by atoms with E-state index in [4.69, 9.17) is 4.74 Å². The summed E-state index contributed by atoms with van der Waals surface area (Å²) in [5.41, 5.74) is 5.13. The van der Waals surface area contributed by atoms with Crippen LogP contribution in [0.5, 0.6) is 5.75 Å². The van der Waals surface area contributed by atoms with Crippen LogP contribution in [0, 0.1) is 5.92 Å². The summed E-state index contributed by atoms with van der Waals surface area (Å²) in [6, 6.07) is 23.9. The van der Waals surface area contributed by atoms with Gasteiger partial charge in [0.25, 0.3) is 0 Å². The molecule has 0 radical (unpaired) electrons. The van der Waals surface area contributed by atoms with Gasteiger partial charge in [0.1, 0.15) is 11.5 Å². The number of anilines is 1. The fourth-order valence-corrected chi connectivity index (χ4v) is 5.79. The monoisotopic (exact) mass is 484 g/mol. The molecule has 0 unspecified atom stereocenters. The highest BCUT2D eigenvalue weighted by Crippen LogP contribution is 2.34. The molecule has 1 aliphatic rings. The minimum Gasteiger partial charge on any atom is -0.497 e. The molecular weight excluding hydrogens is 456 g/mol. The summed E-state index contributed by atoms with van der Waals surface area (Å²) in [4.78, 5) is 32.2. The standard InChI is InChI=1S/C29H28N2O3S/c1-31(22-10-12-24(34-2)13-11-22)29(33)21-15-19-6-5-7-20(14-19)18-35-28-26(17-23(32)16-21)25-8-3-4-9-27(25)30-28/h3-14,21,30H,15-18H2,1-2H3/t21-/m1/s1. The largest absolute Gasteiger partial charge is 0.497 e. The molecule has 0 spiro atoms. The molecule has 178 valence electrons. The number of hydrogen-bond donors (Lipinski definition) is 1. The number of benzene rings is 3. The Kier molecular flexibility index (Phi) is 6.64. The SMILES string of the molecule is COc1ccc(N(C)C(=O)[C@H]2CC(=O)Cc3c([nH]c4ccccc34)SCc3cccc(c3)C2)cc1. The average molecular weight is 485 g/mol. The van der Waals surface area contributed by atoms with Gasteiger partial charge in [-0.1, -0.05) is 42.5 Å². The Bertz CT molecular complexity index is 1380. The third kappa shape index (κ3) is 4.98. The highest BCUT2D eigenvalue weighted by molar-refractivity contribution is 7.98. The summed E-state index contributed by atoms with van der Waals surface area (Å²) < 4.78 is 5.24. The second-order valence-electron chi connectivity index (χ2n) is 9.00. The number of H-pyrrole nitrogens is 1. The maximum absolute atomic E-state index is 13.7. The van der Waals surface area contributed by atoms with Crippen molar-refractivity contribution in [3.8, 4) is 5.75 Å². The van der Waals surface area contributed by atoms with Crippen molar-refractivity contribution < 1.29 is 14.3 Å². The van der Waals surface area contributed by atoms with Crippen LogP contribution in [0.15, 0.2) is 77.8 Å². The van der Waals surface area contributed by atoms with Gasteiger partial charge in [0.2, 0.25) is 5.91 Å². The number of ketones is 1. The predicted octanol–water partition coefficient (Wildman–Crippen LogP) is 5.81. The van der Waals surface area contributed by atoms with Crippen LogP contribution in [-0.4, -0.2) is 30.8 Å². The molecule has 2 heterocycles. The molecule has 5 rings (SSSR count). The Balaban J connectivity index is 1.49. The van der Waals surface area contributed by atoms with Crippen LogP contribution in [0.25, 0.3) is 10.9 Å². The molecule has 4 aromatic rings. The van der Waals surface area contributed by atoms with Gasteiger partial charge in [-0.25, -0.2) is 0 Å².